The molecular formula is C13H14FN3O. The standard InChI is InChI=1S/C13H14FN3O/c1-9-7-13(16-8-11(9)17-15)18-12-6-4-2-3-5-10(12)14/h2-4,6-8,17H,5,15H2,1H3. The SMILES string of the molecule is Cc1cc(OC2=C(F)CC=CC=C2)ncc1NN. The van der Waals surface area contributed by atoms with Crippen LogP contribution in [-0.2, 0) is 0 Å². The summed E-state index contributed by atoms with van der Waals surface area (Å²) in [5.74, 6) is 5.51. The topological polar surface area (TPSA) is 60.2 Å². The molecule has 0 unspecified atom stereocenters. The maximum Gasteiger partial charge on any atom is 0.219 e. The number of ether oxygens (including phenoxy) is 1. The van der Waals surface area contributed by atoms with Gasteiger partial charge in [-0.15, -0.1) is 0 Å². The van der Waals surface area contributed by atoms with Crippen LogP contribution in [0.3, 0.4) is 0 Å². The van der Waals surface area contributed by atoms with Gasteiger partial charge in [0, 0.05) is 12.5 Å². The Balaban J connectivity index is 2.21. The molecule has 0 spiro atoms. The molecule has 1 aliphatic rings. The maximum atomic E-state index is 13.6. The van der Waals surface area contributed by atoms with Crippen molar-refractivity contribution in [3.63, 3.8) is 0 Å². The van der Waals surface area contributed by atoms with Gasteiger partial charge < -0.3 is 10.2 Å². The van der Waals surface area contributed by atoms with Crippen LogP contribution in [0.4, 0.5) is 10.1 Å². The highest BCUT2D eigenvalue weighted by molar-refractivity contribution is 5.49. The van der Waals surface area contributed by atoms with Crippen molar-refractivity contribution < 1.29 is 9.13 Å². The van der Waals surface area contributed by atoms with Gasteiger partial charge in [-0.1, -0.05) is 18.2 Å². The molecule has 0 amide bonds. The number of nitrogens with zero attached hydrogens (tertiary/aromatic N) is 1. The van der Waals surface area contributed by atoms with Crippen molar-refractivity contribution in [2.24, 2.45) is 5.84 Å². The minimum atomic E-state index is -0.319. The molecule has 0 radical (unpaired) electrons. The van der Waals surface area contributed by atoms with Crippen molar-refractivity contribution in [3.8, 4) is 5.88 Å². The zero-order valence-corrected chi connectivity index (χ0v) is 9.98. The Morgan fingerprint density at radius 1 is 1.44 bits per heavy atom. The Labute approximate surface area is 105 Å². The number of rotatable bonds is 3. The summed E-state index contributed by atoms with van der Waals surface area (Å²) in [6.45, 7) is 1.86. The fraction of sp³-hybridized carbons (Fsp3) is 0.154. The number of hydrogen-bond donors (Lipinski definition) is 2. The van der Waals surface area contributed by atoms with Crippen LogP contribution in [0.2, 0.25) is 0 Å². The van der Waals surface area contributed by atoms with Crippen LogP contribution in [0.15, 0.2) is 48.2 Å². The second-order valence-corrected chi connectivity index (χ2v) is 3.84. The fourth-order valence-electron chi connectivity index (χ4n) is 1.52. The number of anilines is 1. The Bertz CT molecular complexity index is 535. The van der Waals surface area contributed by atoms with E-state index in [1.165, 1.54) is 0 Å². The van der Waals surface area contributed by atoms with Crippen molar-refractivity contribution in [3.05, 3.63) is 53.7 Å². The van der Waals surface area contributed by atoms with Crippen LogP contribution in [0, 0.1) is 6.92 Å². The summed E-state index contributed by atoms with van der Waals surface area (Å²) in [7, 11) is 0. The highest BCUT2D eigenvalue weighted by Gasteiger charge is 2.09. The second-order valence-electron chi connectivity index (χ2n) is 3.84. The first kappa shape index (κ1) is 12.3. The van der Waals surface area contributed by atoms with Crippen LogP contribution in [0.5, 0.6) is 5.88 Å². The summed E-state index contributed by atoms with van der Waals surface area (Å²) >= 11 is 0. The van der Waals surface area contributed by atoms with E-state index in [1.807, 2.05) is 6.92 Å². The summed E-state index contributed by atoms with van der Waals surface area (Å²) in [5, 5.41) is 0. The van der Waals surface area contributed by atoms with E-state index in [2.05, 4.69) is 10.4 Å². The van der Waals surface area contributed by atoms with Gasteiger partial charge in [-0.3, -0.25) is 5.84 Å². The minimum Gasteiger partial charge on any atom is -0.436 e. The number of halogens is 1. The van der Waals surface area contributed by atoms with Gasteiger partial charge in [0.25, 0.3) is 0 Å². The largest absolute Gasteiger partial charge is 0.436 e. The van der Waals surface area contributed by atoms with Crippen LogP contribution >= 0.6 is 0 Å². The normalized spacial score (nSPS) is 14.6. The molecule has 3 N–H and O–H groups in total. The number of hydrogen-bond acceptors (Lipinski definition) is 4. The summed E-state index contributed by atoms with van der Waals surface area (Å²) in [4.78, 5) is 4.05. The molecule has 0 aromatic carbocycles. The van der Waals surface area contributed by atoms with Crippen molar-refractivity contribution in [1.82, 2.24) is 4.98 Å². The van der Waals surface area contributed by atoms with Crippen molar-refractivity contribution in [2.45, 2.75) is 13.3 Å². The van der Waals surface area contributed by atoms with Crippen molar-refractivity contribution in [1.29, 1.82) is 0 Å². The molecule has 0 aliphatic heterocycles. The van der Waals surface area contributed by atoms with E-state index in [9.17, 15) is 4.39 Å². The van der Waals surface area contributed by atoms with Gasteiger partial charge in [0.05, 0.1) is 11.9 Å². The number of aryl methyl sites for hydroxylation is 1. The van der Waals surface area contributed by atoms with E-state index in [0.29, 0.717) is 11.6 Å². The summed E-state index contributed by atoms with van der Waals surface area (Å²) in [6.07, 6.45) is 8.57. The lowest BCUT2D eigenvalue weighted by Gasteiger charge is -2.09. The maximum absolute atomic E-state index is 13.6. The van der Waals surface area contributed by atoms with Gasteiger partial charge in [0.15, 0.2) is 5.76 Å². The van der Waals surface area contributed by atoms with Crippen LogP contribution in [0.25, 0.3) is 0 Å². The third-order valence-corrected chi connectivity index (χ3v) is 2.51. The lowest BCUT2D eigenvalue weighted by molar-refractivity contribution is 0.396. The first-order valence-corrected chi connectivity index (χ1v) is 5.53. The van der Waals surface area contributed by atoms with Gasteiger partial charge in [-0.2, -0.15) is 0 Å². The van der Waals surface area contributed by atoms with E-state index in [0.717, 1.165) is 5.56 Å². The highest BCUT2D eigenvalue weighted by Crippen LogP contribution is 2.22. The molecule has 94 valence electrons. The Morgan fingerprint density at radius 2 is 2.28 bits per heavy atom. The summed E-state index contributed by atoms with van der Waals surface area (Å²) < 4.78 is 19.1. The fourth-order valence-corrected chi connectivity index (χ4v) is 1.52. The molecule has 0 saturated carbocycles. The molecule has 0 atom stereocenters. The molecule has 2 rings (SSSR count). The number of nitrogens with one attached hydrogen (secondary N) is 1. The third-order valence-electron chi connectivity index (χ3n) is 2.51. The average molecular weight is 247 g/mol. The minimum absolute atomic E-state index is 0.181. The zero-order chi connectivity index (χ0) is 13.0. The predicted molar refractivity (Wildman–Crippen MR) is 68.4 cm³/mol. The molecule has 1 aliphatic carbocycles. The Kier molecular flexibility index (Phi) is 3.74. The number of hydrazine groups is 1. The number of nitrogens with two attached hydrogens (primary N) is 1. The molecule has 1 aromatic rings. The molecular weight excluding hydrogens is 233 g/mol. The van der Waals surface area contributed by atoms with E-state index >= 15 is 0 Å². The van der Waals surface area contributed by atoms with E-state index in [4.69, 9.17) is 10.6 Å². The third kappa shape index (κ3) is 2.75. The van der Waals surface area contributed by atoms with E-state index in [-0.39, 0.29) is 18.0 Å². The van der Waals surface area contributed by atoms with Crippen LogP contribution in [-0.4, -0.2) is 4.98 Å². The van der Waals surface area contributed by atoms with Crippen molar-refractivity contribution in [2.75, 3.05) is 5.43 Å². The van der Waals surface area contributed by atoms with Crippen molar-refractivity contribution >= 4 is 5.69 Å². The Morgan fingerprint density at radius 3 is 3.00 bits per heavy atom. The summed E-state index contributed by atoms with van der Waals surface area (Å²) in [6, 6.07) is 1.70. The molecule has 0 fully saturated rings. The zero-order valence-electron chi connectivity index (χ0n) is 9.98. The molecule has 0 bridgehead atoms. The quantitative estimate of drug-likeness (QED) is 0.637. The number of aromatic nitrogens is 1. The van der Waals surface area contributed by atoms with Gasteiger partial charge in [0.1, 0.15) is 5.83 Å². The predicted octanol–water partition coefficient (Wildman–Crippen LogP) is 2.75. The summed E-state index contributed by atoms with van der Waals surface area (Å²) in [5.41, 5.74) is 4.09. The second kappa shape index (κ2) is 5.46. The van der Waals surface area contributed by atoms with Gasteiger partial charge in [-0.05, 0) is 18.6 Å². The van der Waals surface area contributed by atoms with E-state index < -0.39 is 0 Å². The van der Waals surface area contributed by atoms with Gasteiger partial charge in [0.2, 0.25) is 5.88 Å². The lowest BCUT2D eigenvalue weighted by atomic mass is 10.2. The number of nitrogen functional groups attached to an aromatic ring is 1. The number of pyridine rings is 1. The average Bonchev–Trinajstić information content (AvgIpc) is 2.55. The lowest BCUT2D eigenvalue weighted by Crippen LogP contribution is -2.09. The smallest absolute Gasteiger partial charge is 0.219 e. The molecule has 18 heavy (non-hydrogen) atoms. The highest BCUT2D eigenvalue weighted by atomic mass is 19.1. The van der Waals surface area contributed by atoms with E-state index in [1.54, 1.807) is 36.6 Å². The monoisotopic (exact) mass is 247 g/mol. The molecule has 1 heterocycles. The Hall–Kier alpha value is -2.14. The molecule has 0 saturated heterocycles. The first-order valence-electron chi connectivity index (χ1n) is 5.53. The molecule has 4 nitrogen and oxygen atoms in total. The van der Waals surface area contributed by atoms with Crippen LogP contribution in [0.1, 0.15) is 12.0 Å². The number of allylic oxidation sites excluding steroid dienone is 5. The van der Waals surface area contributed by atoms with Gasteiger partial charge >= 0.3 is 0 Å². The first-order chi connectivity index (χ1) is 8.70. The molecule has 5 heteroatoms. The van der Waals surface area contributed by atoms with Crippen LogP contribution < -0.4 is 16.0 Å². The molecule has 1 aromatic heterocycles. The van der Waals surface area contributed by atoms with Gasteiger partial charge in [-0.25, -0.2) is 9.37 Å².